The van der Waals surface area contributed by atoms with Crippen LogP contribution in [0.1, 0.15) is 21.5 Å². The van der Waals surface area contributed by atoms with Crippen LogP contribution in [0.5, 0.6) is 5.75 Å². The molecular formula is C15H15BrN2O2. The highest BCUT2D eigenvalue weighted by Gasteiger charge is 2.09. The van der Waals surface area contributed by atoms with Gasteiger partial charge in [-0.05, 0) is 58.2 Å². The van der Waals surface area contributed by atoms with Gasteiger partial charge in [0.15, 0.2) is 0 Å². The molecule has 1 heterocycles. The number of aromatic nitrogens is 1. The molecule has 5 heteroatoms. The molecule has 20 heavy (non-hydrogen) atoms. The predicted molar refractivity (Wildman–Crippen MR) is 80.8 cm³/mol. The van der Waals surface area contributed by atoms with Gasteiger partial charge in [-0.25, -0.2) is 0 Å². The van der Waals surface area contributed by atoms with Crippen molar-refractivity contribution >= 4 is 21.8 Å². The van der Waals surface area contributed by atoms with Crippen molar-refractivity contribution in [1.82, 2.24) is 10.3 Å². The minimum atomic E-state index is -0.128. The molecule has 0 spiro atoms. The Balaban J connectivity index is 2.05. The van der Waals surface area contributed by atoms with Crippen LogP contribution in [0.4, 0.5) is 0 Å². The Morgan fingerprint density at radius 3 is 2.85 bits per heavy atom. The van der Waals surface area contributed by atoms with Crippen LogP contribution in [0.15, 0.2) is 41.1 Å². The van der Waals surface area contributed by atoms with E-state index >= 15 is 0 Å². The van der Waals surface area contributed by atoms with Crippen LogP contribution < -0.4 is 10.1 Å². The normalized spacial score (nSPS) is 10.2. The van der Waals surface area contributed by atoms with Gasteiger partial charge in [0.2, 0.25) is 0 Å². The molecule has 1 amide bonds. The fourth-order valence-corrected chi connectivity index (χ4v) is 2.31. The number of benzene rings is 1. The van der Waals surface area contributed by atoms with E-state index in [2.05, 4.69) is 26.2 Å². The summed E-state index contributed by atoms with van der Waals surface area (Å²) in [6.45, 7) is 2.45. The molecule has 0 aliphatic rings. The van der Waals surface area contributed by atoms with Crippen molar-refractivity contribution in [3.05, 3.63) is 57.8 Å². The minimum absolute atomic E-state index is 0.128. The number of aryl methyl sites for hydroxylation is 1. The second-order valence-corrected chi connectivity index (χ2v) is 5.19. The van der Waals surface area contributed by atoms with Gasteiger partial charge in [0.05, 0.1) is 11.6 Å². The number of carbonyl (C=O) groups excluding carboxylic acids is 1. The molecule has 1 aromatic carbocycles. The maximum absolute atomic E-state index is 12.1. The molecule has 4 nitrogen and oxygen atoms in total. The van der Waals surface area contributed by atoms with E-state index in [0.717, 1.165) is 15.6 Å². The lowest BCUT2D eigenvalue weighted by atomic mass is 10.1. The fourth-order valence-electron chi connectivity index (χ4n) is 1.77. The fraction of sp³-hybridized carbons (Fsp3) is 0.200. The molecule has 2 rings (SSSR count). The van der Waals surface area contributed by atoms with Gasteiger partial charge in [0.1, 0.15) is 5.75 Å². The van der Waals surface area contributed by atoms with Crippen LogP contribution in [0.25, 0.3) is 0 Å². The average Bonchev–Trinajstić information content (AvgIpc) is 2.46. The third-order valence-electron chi connectivity index (χ3n) is 3.00. The van der Waals surface area contributed by atoms with Gasteiger partial charge in [0, 0.05) is 24.5 Å². The third kappa shape index (κ3) is 3.36. The molecular weight excluding hydrogens is 320 g/mol. The van der Waals surface area contributed by atoms with Gasteiger partial charge in [0.25, 0.3) is 5.91 Å². The number of nitrogens with one attached hydrogen (secondary N) is 1. The van der Waals surface area contributed by atoms with Crippen molar-refractivity contribution < 1.29 is 9.53 Å². The van der Waals surface area contributed by atoms with Crippen LogP contribution in [0.3, 0.4) is 0 Å². The van der Waals surface area contributed by atoms with E-state index in [0.29, 0.717) is 17.9 Å². The molecule has 0 bridgehead atoms. The topological polar surface area (TPSA) is 51.2 Å². The Kier molecular flexibility index (Phi) is 4.74. The number of hydrogen-bond acceptors (Lipinski definition) is 3. The summed E-state index contributed by atoms with van der Waals surface area (Å²) in [5.41, 5.74) is 2.70. The third-order valence-corrected chi connectivity index (χ3v) is 3.62. The number of hydrogen-bond donors (Lipinski definition) is 1. The molecule has 0 aliphatic heterocycles. The summed E-state index contributed by atoms with van der Waals surface area (Å²) < 4.78 is 5.89. The maximum Gasteiger partial charge on any atom is 0.251 e. The number of methoxy groups -OCH3 is 1. The minimum Gasteiger partial charge on any atom is -0.496 e. The summed E-state index contributed by atoms with van der Waals surface area (Å²) in [6, 6.07) is 7.15. The zero-order valence-corrected chi connectivity index (χ0v) is 12.9. The standard InChI is InChI=1S/C15H15BrN2O2/c1-10-5-6-17-8-12(10)9-18-15(19)11-3-4-14(20-2)13(16)7-11/h3-8H,9H2,1-2H3,(H,18,19). The van der Waals surface area contributed by atoms with E-state index in [4.69, 9.17) is 4.74 Å². The Morgan fingerprint density at radius 1 is 1.40 bits per heavy atom. The van der Waals surface area contributed by atoms with E-state index in [1.165, 1.54) is 0 Å². The lowest BCUT2D eigenvalue weighted by Crippen LogP contribution is -2.23. The van der Waals surface area contributed by atoms with Crippen LogP contribution in [-0.4, -0.2) is 18.0 Å². The largest absolute Gasteiger partial charge is 0.496 e. The van der Waals surface area contributed by atoms with Gasteiger partial charge in [-0.15, -0.1) is 0 Å². The van der Waals surface area contributed by atoms with Crippen molar-refractivity contribution in [3.8, 4) is 5.75 Å². The summed E-state index contributed by atoms with van der Waals surface area (Å²) in [7, 11) is 1.59. The smallest absolute Gasteiger partial charge is 0.251 e. The van der Waals surface area contributed by atoms with Crippen molar-refractivity contribution in [2.45, 2.75) is 13.5 Å². The number of halogens is 1. The highest BCUT2D eigenvalue weighted by Crippen LogP contribution is 2.25. The zero-order valence-electron chi connectivity index (χ0n) is 11.3. The molecule has 1 aromatic heterocycles. The predicted octanol–water partition coefficient (Wildman–Crippen LogP) is 3.09. The Hall–Kier alpha value is -1.88. The number of nitrogens with zero attached hydrogens (tertiary/aromatic N) is 1. The van der Waals surface area contributed by atoms with E-state index in [1.54, 1.807) is 37.7 Å². The molecule has 104 valence electrons. The molecule has 0 unspecified atom stereocenters. The van der Waals surface area contributed by atoms with Crippen molar-refractivity contribution in [2.75, 3.05) is 7.11 Å². The second kappa shape index (κ2) is 6.52. The van der Waals surface area contributed by atoms with Crippen LogP contribution in [-0.2, 0) is 6.54 Å². The summed E-state index contributed by atoms with van der Waals surface area (Å²) in [4.78, 5) is 16.1. The van der Waals surface area contributed by atoms with E-state index in [1.807, 2.05) is 13.0 Å². The lowest BCUT2D eigenvalue weighted by Gasteiger charge is -2.09. The summed E-state index contributed by atoms with van der Waals surface area (Å²) in [5, 5.41) is 2.88. The molecule has 0 aliphatic carbocycles. The SMILES string of the molecule is COc1ccc(C(=O)NCc2cnccc2C)cc1Br. The lowest BCUT2D eigenvalue weighted by molar-refractivity contribution is 0.0950. The molecule has 0 saturated carbocycles. The van der Waals surface area contributed by atoms with E-state index in [-0.39, 0.29) is 5.91 Å². The highest BCUT2D eigenvalue weighted by molar-refractivity contribution is 9.10. The Morgan fingerprint density at radius 2 is 2.20 bits per heavy atom. The first-order valence-corrected chi connectivity index (χ1v) is 6.92. The van der Waals surface area contributed by atoms with Crippen molar-refractivity contribution in [2.24, 2.45) is 0 Å². The van der Waals surface area contributed by atoms with Crippen molar-refractivity contribution in [1.29, 1.82) is 0 Å². The van der Waals surface area contributed by atoms with Gasteiger partial charge < -0.3 is 10.1 Å². The zero-order chi connectivity index (χ0) is 14.5. The molecule has 1 N–H and O–H groups in total. The maximum atomic E-state index is 12.1. The summed E-state index contributed by atoms with van der Waals surface area (Å²) in [5.74, 6) is 0.571. The molecule has 0 radical (unpaired) electrons. The Bertz CT molecular complexity index is 629. The monoisotopic (exact) mass is 334 g/mol. The number of ether oxygens (including phenoxy) is 1. The average molecular weight is 335 g/mol. The molecule has 0 atom stereocenters. The van der Waals surface area contributed by atoms with Crippen molar-refractivity contribution in [3.63, 3.8) is 0 Å². The van der Waals surface area contributed by atoms with Gasteiger partial charge in [-0.3, -0.25) is 9.78 Å². The Labute approximate surface area is 126 Å². The van der Waals surface area contributed by atoms with Gasteiger partial charge in [-0.2, -0.15) is 0 Å². The van der Waals surface area contributed by atoms with Crippen LogP contribution >= 0.6 is 15.9 Å². The quantitative estimate of drug-likeness (QED) is 0.934. The second-order valence-electron chi connectivity index (χ2n) is 4.33. The van der Waals surface area contributed by atoms with E-state index < -0.39 is 0 Å². The first-order chi connectivity index (χ1) is 9.61. The number of amides is 1. The summed E-state index contributed by atoms with van der Waals surface area (Å²) >= 11 is 3.37. The first kappa shape index (κ1) is 14.5. The molecule has 0 fully saturated rings. The number of rotatable bonds is 4. The highest BCUT2D eigenvalue weighted by atomic mass is 79.9. The van der Waals surface area contributed by atoms with Gasteiger partial charge >= 0.3 is 0 Å². The van der Waals surface area contributed by atoms with Crippen LogP contribution in [0.2, 0.25) is 0 Å². The van der Waals surface area contributed by atoms with E-state index in [9.17, 15) is 4.79 Å². The first-order valence-electron chi connectivity index (χ1n) is 6.13. The van der Waals surface area contributed by atoms with Crippen LogP contribution in [0, 0.1) is 6.92 Å². The number of carbonyl (C=O) groups is 1. The number of pyridine rings is 1. The summed E-state index contributed by atoms with van der Waals surface area (Å²) in [6.07, 6.45) is 3.50. The molecule has 2 aromatic rings. The van der Waals surface area contributed by atoms with Gasteiger partial charge in [-0.1, -0.05) is 0 Å². The molecule has 0 saturated heterocycles.